The van der Waals surface area contributed by atoms with Crippen LogP contribution < -0.4 is 10.6 Å². The average Bonchev–Trinajstić information content (AvgIpc) is 3.26. The molecule has 1 heterocycles. The number of fused-ring (bicyclic) bond motifs is 1. The van der Waals surface area contributed by atoms with Gasteiger partial charge >= 0.3 is 12.2 Å². The van der Waals surface area contributed by atoms with Crippen molar-refractivity contribution >= 4 is 11.7 Å². The fraction of sp³-hybridized carbons (Fsp3) is 0.312. The van der Waals surface area contributed by atoms with E-state index < -0.39 is 29.1 Å². The van der Waals surface area contributed by atoms with Crippen molar-refractivity contribution in [2.24, 2.45) is 5.92 Å². The zero-order valence-corrected chi connectivity index (χ0v) is 11.6. The predicted octanol–water partition coefficient (Wildman–Crippen LogP) is 3.14. The topological polar surface area (TPSA) is 41.1 Å². The number of amides is 2. The van der Waals surface area contributed by atoms with E-state index in [-0.39, 0.29) is 11.6 Å². The molecule has 1 aliphatic heterocycles. The first kappa shape index (κ1) is 15.2. The number of anilines is 1. The first-order chi connectivity index (χ1) is 10.8. The van der Waals surface area contributed by atoms with E-state index in [2.05, 4.69) is 23.1 Å². The van der Waals surface area contributed by atoms with Crippen LogP contribution in [-0.4, -0.2) is 12.2 Å². The van der Waals surface area contributed by atoms with E-state index in [1.807, 2.05) is 5.92 Å². The second-order valence-corrected chi connectivity index (χ2v) is 5.28. The van der Waals surface area contributed by atoms with Gasteiger partial charge in [0.15, 0.2) is 0 Å². The summed E-state index contributed by atoms with van der Waals surface area (Å²) in [5.41, 5.74) is -4.16. The van der Waals surface area contributed by atoms with Crippen LogP contribution in [0, 0.1) is 35.4 Å². The molecule has 0 spiro atoms. The van der Waals surface area contributed by atoms with Crippen molar-refractivity contribution in [2.45, 2.75) is 24.6 Å². The molecule has 0 radical (unpaired) electrons. The number of carbonyl (C=O) groups excluding carboxylic acids is 1. The number of halogens is 4. The van der Waals surface area contributed by atoms with Crippen LogP contribution in [0.1, 0.15) is 18.4 Å². The number of rotatable bonds is 0. The molecule has 7 heteroatoms. The number of hydrogen-bond donors (Lipinski definition) is 2. The van der Waals surface area contributed by atoms with Crippen LogP contribution in [0.2, 0.25) is 0 Å². The van der Waals surface area contributed by atoms with Crippen molar-refractivity contribution in [1.82, 2.24) is 5.32 Å². The highest BCUT2D eigenvalue weighted by Gasteiger charge is 2.60. The lowest BCUT2D eigenvalue weighted by Crippen LogP contribution is -2.59. The summed E-state index contributed by atoms with van der Waals surface area (Å²) in [6.45, 7) is 0. The Hall–Kier alpha value is -2.67. The second kappa shape index (κ2) is 5.20. The molecule has 2 amide bonds. The maximum absolute atomic E-state index is 14.1. The molecule has 1 fully saturated rings. The van der Waals surface area contributed by atoms with Gasteiger partial charge in [-0.3, -0.25) is 0 Å². The van der Waals surface area contributed by atoms with Crippen LogP contribution in [0.3, 0.4) is 0 Å². The van der Waals surface area contributed by atoms with Gasteiger partial charge < -0.3 is 10.6 Å². The Kier molecular flexibility index (Phi) is 3.45. The minimum atomic E-state index is -5.02. The molecule has 3 rings (SSSR count). The van der Waals surface area contributed by atoms with Gasteiger partial charge in [-0.15, -0.1) is 0 Å². The summed E-state index contributed by atoms with van der Waals surface area (Å²) in [4.78, 5) is 11.6. The number of hydrogen-bond acceptors (Lipinski definition) is 1. The van der Waals surface area contributed by atoms with Crippen LogP contribution >= 0.6 is 0 Å². The minimum Gasteiger partial charge on any atom is -0.310 e. The van der Waals surface area contributed by atoms with Gasteiger partial charge in [0.2, 0.25) is 5.54 Å². The lowest BCUT2D eigenvalue weighted by molar-refractivity contribution is -0.179. The molecule has 2 N–H and O–H groups in total. The summed E-state index contributed by atoms with van der Waals surface area (Å²) in [5, 5.41) is 3.87. The van der Waals surface area contributed by atoms with E-state index in [0.29, 0.717) is 0 Å². The van der Waals surface area contributed by atoms with E-state index in [4.69, 9.17) is 0 Å². The fourth-order valence-electron chi connectivity index (χ4n) is 2.26. The molecule has 0 saturated heterocycles. The molecule has 0 bridgehead atoms. The van der Waals surface area contributed by atoms with E-state index in [1.54, 1.807) is 5.32 Å². The van der Waals surface area contributed by atoms with Crippen LogP contribution in [0.4, 0.5) is 28.0 Å². The molecule has 1 atom stereocenters. The highest BCUT2D eigenvalue weighted by molar-refractivity contribution is 5.94. The van der Waals surface area contributed by atoms with E-state index in [9.17, 15) is 22.4 Å². The smallest absolute Gasteiger partial charge is 0.310 e. The van der Waals surface area contributed by atoms with Gasteiger partial charge in [0, 0.05) is 5.92 Å². The van der Waals surface area contributed by atoms with E-state index in [1.165, 1.54) is 12.1 Å². The molecule has 118 valence electrons. The number of alkyl halides is 3. The summed E-state index contributed by atoms with van der Waals surface area (Å²) in [6.07, 6.45) is -3.22. The highest BCUT2D eigenvalue weighted by atomic mass is 19.4. The summed E-state index contributed by atoms with van der Waals surface area (Å²) in [6, 6.07) is 2.18. The van der Waals surface area contributed by atoms with Crippen LogP contribution in [-0.2, 0) is 5.54 Å². The standard InChI is InChI=1S/C16H10F4N2O/c17-11-5-3-6-12-13(11)15(16(18,19)20,22-14(23)21-12)9-2-1-4-10-7-8-10/h3,5-6,10H,7-8H2,(H2,21,22,23)/t15-/m0/s1. The van der Waals surface area contributed by atoms with Gasteiger partial charge in [-0.2, -0.15) is 13.2 Å². The third-order valence-electron chi connectivity index (χ3n) is 3.53. The lowest BCUT2D eigenvalue weighted by Gasteiger charge is -2.37. The van der Waals surface area contributed by atoms with Crippen LogP contribution in [0.15, 0.2) is 18.2 Å². The van der Waals surface area contributed by atoms with Crippen LogP contribution in [0.5, 0.6) is 0 Å². The predicted molar refractivity (Wildman–Crippen MR) is 74.6 cm³/mol. The van der Waals surface area contributed by atoms with Gasteiger partial charge in [0.1, 0.15) is 5.82 Å². The summed E-state index contributed by atoms with van der Waals surface area (Å²) < 4.78 is 55.1. The van der Waals surface area contributed by atoms with Gasteiger partial charge in [-0.05, 0) is 42.7 Å². The first-order valence-electron chi connectivity index (χ1n) is 6.81. The van der Waals surface area contributed by atoms with Crippen molar-refractivity contribution in [2.75, 3.05) is 5.32 Å². The molecule has 2 aliphatic rings. The van der Waals surface area contributed by atoms with Crippen LogP contribution in [0.25, 0.3) is 0 Å². The van der Waals surface area contributed by atoms with Crippen molar-refractivity contribution in [3.05, 3.63) is 29.6 Å². The Morgan fingerprint density at radius 1 is 1.22 bits per heavy atom. The molecule has 1 saturated carbocycles. The molecule has 0 unspecified atom stereocenters. The Labute approximate surface area is 129 Å². The first-order valence-corrected chi connectivity index (χ1v) is 6.81. The van der Waals surface area contributed by atoms with Gasteiger partial charge in [-0.1, -0.05) is 12.0 Å². The number of nitrogens with one attached hydrogen (secondary N) is 2. The van der Waals surface area contributed by atoms with E-state index >= 15 is 0 Å². The second-order valence-electron chi connectivity index (χ2n) is 5.28. The maximum atomic E-state index is 14.1. The summed E-state index contributed by atoms with van der Waals surface area (Å²) in [7, 11) is 0. The fourth-order valence-corrected chi connectivity index (χ4v) is 2.26. The lowest BCUT2D eigenvalue weighted by atomic mass is 9.86. The monoisotopic (exact) mass is 322 g/mol. The molecular weight excluding hydrogens is 312 g/mol. The number of carbonyl (C=O) groups is 1. The zero-order chi connectivity index (χ0) is 16.7. The van der Waals surface area contributed by atoms with Gasteiger partial charge in [0.25, 0.3) is 0 Å². The highest BCUT2D eigenvalue weighted by Crippen LogP contribution is 2.44. The van der Waals surface area contributed by atoms with Gasteiger partial charge in [0.05, 0.1) is 11.3 Å². The third kappa shape index (κ3) is 2.70. The Morgan fingerprint density at radius 3 is 2.61 bits per heavy atom. The maximum Gasteiger partial charge on any atom is 0.427 e. The van der Waals surface area contributed by atoms with Crippen molar-refractivity contribution in [3.8, 4) is 23.7 Å². The Balaban J connectivity index is 2.17. The molecule has 3 nitrogen and oxygen atoms in total. The SMILES string of the molecule is O=C1Nc2cccc(F)c2[C@@](C#CC#CC2CC2)(C(F)(F)F)N1. The zero-order valence-electron chi connectivity index (χ0n) is 11.6. The normalized spacial score (nSPS) is 22.5. The number of urea groups is 1. The average molecular weight is 322 g/mol. The third-order valence-corrected chi connectivity index (χ3v) is 3.53. The minimum absolute atomic E-state index is 0.165. The molecule has 1 aliphatic carbocycles. The molecule has 0 aromatic heterocycles. The Morgan fingerprint density at radius 2 is 1.96 bits per heavy atom. The van der Waals surface area contributed by atoms with Crippen molar-refractivity contribution < 1.29 is 22.4 Å². The van der Waals surface area contributed by atoms with E-state index in [0.717, 1.165) is 18.9 Å². The van der Waals surface area contributed by atoms with Gasteiger partial charge in [-0.25, -0.2) is 9.18 Å². The number of benzene rings is 1. The van der Waals surface area contributed by atoms with Crippen molar-refractivity contribution in [3.63, 3.8) is 0 Å². The molecule has 1 aromatic carbocycles. The molecular formula is C16H10F4N2O. The summed E-state index contributed by atoms with van der Waals surface area (Å²) in [5.74, 6) is 8.15. The summed E-state index contributed by atoms with van der Waals surface area (Å²) >= 11 is 0. The largest absolute Gasteiger partial charge is 0.427 e. The Bertz CT molecular complexity index is 790. The molecule has 23 heavy (non-hydrogen) atoms. The molecule has 1 aromatic rings. The van der Waals surface area contributed by atoms with Crippen molar-refractivity contribution in [1.29, 1.82) is 0 Å². The quantitative estimate of drug-likeness (QED) is 0.559.